The Morgan fingerprint density at radius 3 is 2.89 bits per heavy atom. The number of nitrogens with one attached hydrogen (secondary N) is 1. The molecule has 106 valence electrons. The number of likely N-dealkylation sites (N-methyl/N-ethyl adjacent to an activating group) is 1. The fourth-order valence-electron chi connectivity index (χ4n) is 2.91. The van der Waals surface area contributed by atoms with Crippen molar-refractivity contribution in [3.05, 3.63) is 35.1 Å². The zero-order valence-electron chi connectivity index (χ0n) is 12.1. The number of thioether (sulfide) groups is 1. The van der Waals surface area contributed by atoms with E-state index in [9.17, 15) is 4.39 Å². The molecule has 1 aromatic rings. The normalized spacial score (nSPS) is 24.6. The van der Waals surface area contributed by atoms with Crippen LogP contribution in [0.5, 0.6) is 0 Å². The standard InChI is InChI=1S/C16H24FNS/c1-4-18-15(16(3)8-5-9-19-16)11-13-10-14(17)7-6-12(13)2/h6-7,10,15,18H,4-5,8-9,11H2,1-3H3. The van der Waals surface area contributed by atoms with Crippen LogP contribution in [-0.4, -0.2) is 23.1 Å². The molecule has 0 aromatic heterocycles. The monoisotopic (exact) mass is 281 g/mol. The lowest BCUT2D eigenvalue weighted by atomic mass is 9.89. The zero-order chi connectivity index (χ0) is 13.9. The van der Waals surface area contributed by atoms with E-state index in [4.69, 9.17) is 0 Å². The van der Waals surface area contributed by atoms with Gasteiger partial charge in [0, 0.05) is 10.8 Å². The molecule has 3 heteroatoms. The van der Waals surface area contributed by atoms with E-state index in [-0.39, 0.29) is 10.6 Å². The summed E-state index contributed by atoms with van der Waals surface area (Å²) in [4.78, 5) is 0. The fourth-order valence-corrected chi connectivity index (χ4v) is 4.32. The van der Waals surface area contributed by atoms with E-state index < -0.39 is 0 Å². The Morgan fingerprint density at radius 1 is 1.47 bits per heavy atom. The molecule has 1 N–H and O–H groups in total. The second-order valence-corrected chi connectivity index (χ2v) is 7.28. The zero-order valence-corrected chi connectivity index (χ0v) is 12.9. The number of benzene rings is 1. The van der Waals surface area contributed by atoms with Gasteiger partial charge in [-0.25, -0.2) is 4.39 Å². The van der Waals surface area contributed by atoms with Gasteiger partial charge in [-0.2, -0.15) is 11.8 Å². The van der Waals surface area contributed by atoms with Gasteiger partial charge < -0.3 is 5.32 Å². The molecule has 0 bridgehead atoms. The van der Waals surface area contributed by atoms with Crippen LogP contribution in [0.3, 0.4) is 0 Å². The molecule has 2 unspecified atom stereocenters. The van der Waals surface area contributed by atoms with E-state index in [1.54, 1.807) is 12.1 Å². The predicted octanol–water partition coefficient (Wildman–Crippen LogP) is 3.94. The predicted molar refractivity (Wildman–Crippen MR) is 82.4 cm³/mol. The van der Waals surface area contributed by atoms with E-state index in [1.807, 2.05) is 6.07 Å². The van der Waals surface area contributed by atoms with Gasteiger partial charge in [0.05, 0.1) is 0 Å². The van der Waals surface area contributed by atoms with Crippen molar-refractivity contribution in [2.75, 3.05) is 12.3 Å². The number of halogens is 1. The molecule has 1 saturated heterocycles. The first-order valence-electron chi connectivity index (χ1n) is 7.17. The number of hydrogen-bond acceptors (Lipinski definition) is 2. The summed E-state index contributed by atoms with van der Waals surface area (Å²) >= 11 is 2.07. The smallest absolute Gasteiger partial charge is 0.123 e. The van der Waals surface area contributed by atoms with Crippen LogP contribution in [0.4, 0.5) is 4.39 Å². The molecule has 0 saturated carbocycles. The van der Waals surface area contributed by atoms with Crippen molar-refractivity contribution in [2.45, 2.75) is 50.8 Å². The molecule has 1 aliphatic rings. The topological polar surface area (TPSA) is 12.0 Å². The van der Waals surface area contributed by atoms with Crippen LogP contribution in [0, 0.1) is 12.7 Å². The summed E-state index contributed by atoms with van der Waals surface area (Å²) in [5.41, 5.74) is 2.33. The average Bonchev–Trinajstić information content (AvgIpc) is 2.81. The fraction of sp³-hybridized carbons (Fsp3) is 0.625. The van der Waals surface area contributed by atoms with Crippen LogP contribution in [-0.2, 0) is 6.42 Å². The van der Waals surface area contributed by atoms with Crippen molar-refractivity contribution < 1.29 is 4.39 Å². The molecular weight excluding hydrogens is 257 g/mol. The third-order valence-corrected chi connectivity index (χ3v) is 5.81. The van der Waals surface area contributed by atoms with Gasteiger partial charge in [-0.05, 0) is 68.7 Å². The lowest BCUT2D eigenvalue weighted by Gasteiger charge is -2.34. The molecule has 1 aromatic carbocycles. The van der Waals surface area contributed by atoms with Gasteiger partial charge in [0.15, 0.2) is 0 Å². The van der Waals surface area contributed by atoms with Crippen molar-refractivity contribution in [3.63, 3.8) is 0 Å². The lowest BCUT2D eigenvalue weighted by molar-refractivity contribution is 0.405. The highest BCUT2D eigenvalue weighted by Crippen LogP contribution is 2.41. The van der Waals surface area contributed by atoms with Gasteiger partial charge in [-0.3, -0.25) is 0 Å². The van der Waals surface area contributed by atoms with E-state index >= 15 is 0 Å². The molecule has 0 spiro atoms. The van der Waals surface area contributed by atoms with Gasteiger partial charge >= 0.3 is 0 Å². The molecule has 1 aliphatic heterocycles. The summed E-state index contributed by atoms with van der Waals surface area (Å²) in [5, 5.41) is 3.62. The minimum atomic E-state index is -0.125. The maximum Gasteiger partial charge on any atom is 0.123 e. The van der Waals surface area contributed by atoms with Crippen LogP contribution in [0.2, 0.25) is 0 Å². The molecular formula is C16H24FNS. The van der Waals surface area contributed by atoms with Crippen LogP contribution in [0.25, 0.3) is 0 Å². The molecule has 0 amide bonds. The lowest BCUT2D eigenvalue weighted by Crippen LogP contribution is -2.46. The molecule has 0 radical (unpaired) electrons. The van der Waals surface area contributed by atoms with Crippen LogP contribution in [0.15, 0.2) is 18.2 Å². The largest absolute Gasteiger partial charge is 0.313 e. The Kier molecular flexibility index (Phi) is 4.91. The SMILES string of the molecule is CCNC(Cc1cc(F)ccc1C)C1(C)CCCS1. The molecule has 0 aliphatic carbocycles. The van der Waals surface area contributed by atoms with Gasteiger partial charge in [0.1, 0.15) is 5.82 Å². The van der Waals surface area contributed by atoms with Gasteiger partial charge in [0.25, 0.3) is 0 Å². The number of hydrogen-bond donors (Lipinski definition) is 1. The third-order valence-electron chi connectivity index (χ3n) is 4.17. The Morgan fingerprint density at radius 2 is 2.26 bits per heavy atom. The van der Waals surface area contributed by atoms with Crippen molar-refractivity contribution >= 4 is 11.8 Å². The third kappa shape index (κ3) is 3.51. The maximum absolute atomic E-state index is 13.4. The van der Waals surface area contributed by atoms with E-state index in [1.165, 1.54) is 24.2 Å². The Labute approximate surface area is 120 Å². The van der Waals surface area contributed by atoms with Gasteiger partial charge in [-0.1, -0.05) is 13.0 Å². The Balaban J connectivity index is 2.18. The highest BCUT2D eigenvalue weighted by molar-refractivity contribution is 8.00. The first kappa shape index (κ1) is 14.9. The Hall–Kier alpha value is -0.540. The van der Waals surface area contributed by atoms with E-state index in [2.05, 4.69) is 37.8 Å². The summed E-state index contributed by atoms with van der Waals surface area (Å²) < 4.78 is 13.7. The summed E-state index contributed by atoms with van der Waals surface area (Å²) in [7, 11) is 0. The van der Waals surface area contributed by atoms with Crippen molar-refractivity contribution in [1.82, 2.24) is 5.32 Å². The Bertz CT molecular complexity index is 427. The molecule has 1 fully saturated rings. The van der Waals surface area contributed by atoms with Gasteiger partial charge in [0.2, 0.25) is 0 Å². The summed E-state index contributed by atoms with van der Waals surface area (Å²) in [6, 6.07) is 5.55. The van der Waals surface area contributed by atoms with Crippen LogP contribution in [0.1, 0.15) is 37.8 Å². The molecule has 2 rings (SSSR count). The summed E-state index contributed by atoms with van der Waals surface area (Å²) in [6.45, 7) is 7.54. The summed E-state index contributed by atoms with van der Waals surface area (Å²) in [5.74, 6) is 1.13. The average molecular weight is 281 g/mol. The number of rotatable bonds is 5. The first-order valence-corrected chi connectivity index (χ1v) is 8.16. The van der Waals surface area contributed by atoms with Crippen molar-refractivity contribution in [1.29, 1.82) is 0 Å². The number of aryl methyl sites for hydroxylation is 1. The quantitative estimate of drug-likeness (QED) is 0.877. The second-order valence-electron chi connectivity index (χ2n) is 5.65. The molecule has 1 nitrogen and oxygen atoms in total. The molecule has 19 heavy (non-hydrogen) atoms. The van der Waals surface area contributed by atoms with Crippen LogP contribution < -0.4 is 5.32 Å². The maximum atomic E-state index is 13.4. The van der Waals surface area contributed by atoms with Crippen molar-refractivity contribution in [3.8, 4) is 0 Å². The first-order chi connectivity index (χ1) is 9.05. The molecule has 2 atom stereocenters. The minimum Gasteiger partial charge on any atom is -0.313 e. The second kappa shape index (κ2) is 6.27. The molecule has 1 heterocycles. The highest BCUT2D eigenvalue weighted by atomic mass is 32.2. The van der Waals surface area contributed by atoms with Crippen molar-refractivity contribution in [2.24, 2.45) is 0 Å². The minimum absolute atomic E-state index is 0.125. The van der Waals surface area contributed by atoms with Crippen LogP contribution >= 0.6 is 11.8 Å². The van der Waals surface area contributed by atoms with Gasteiger partial charge in [-0.15, -0.1) is 0 Å². The highest BCUT2D eigenvalue weighted by Gasteiger charge is 2.37. The van der Waals surface area contributed by atoms with E-state index in [0.29, 0.717) is 6.04 Å². The van der Waals surface area contributed by atoms with E-state index in [0.717, 1.165) is 18.5 Å². The summed E-state index contributed by atoms with van der Waals surface area (Å²) in [6.07, 6.45) is 3.47.